The Balaban J connectivity index is 2.04. The first-order chi connectivity index (χ1) is 9.66. The molecule has 1 aliphatic heterocycles. The van der Waals surface area contributed by atoms with E-state index in [2.05, 4.69) is 30.4 Å². The summed E-state index contributed by atoms with van der Waals surface area (Å²) in [6.07, 6.45) is 1.27. The number of ether oxygens (including phenoxy) is 1. The van der Waals surface area contributed by atoms with E-state index in [0.717, 1.165) is 35.1 Å². The summed E-state index contributed by atoms with van der Waals surface area (Å²) < 4.78 is 5.61. The summed E-state index contributed by atoms with van der Waals surface area (Å²) >= 11 is 5.13. The van der Waals surface area contributed by atoms with Gasteiger partial charge < -0.3 is 15.8 Å². The van der Waals surface area contributed by atoms with Crippen molar-refractivity contribution in [2.45, 2.75) is 25.5 Å². The molecule has 3 nitrogen and oxygen atoms in total. The molecule has 1 heterocycles. The zero-order chi connectivity index (χ0) is 14.1. The van der Waals surface area contributed by atoms with Gasteiger partial charge in [0, 0.05) is 23.2 Å². The molecule has 0 aromatic heterocycles. The topological polar surface area (TPSA) is 47.3 Å². The van der Waals surface area contributed by atoms with Crippen molar-refractivity contribution in [2.75, 3.05) is 11.9 Å². The van der Waals surface area contributed by atoms with Crippen LogP contribution in [0.15, 0.2) is 36.4 Å². The second-order valence-corrected chi connectivity index (χ2v) is 5.63. The van der Waals surface area contributed by atoms with Gasteiger partial charge in [-0.05, 0) is 30.9 Å². The molecule has 0 bridgehead atoms. The summed E-state index contributed by atoms with van der Waals surface area (Å²) in [6.45, 7) is 2.93. The van der Waals surface area contributed by atoms with E-state index in [1.807, 2.05) is 18.2 Å². The molecule has 20 heavy (non-hydrogen) atoms. The molecule has 104 valence electrons. The van der Waals surface area contributed by atoms with Gasteiger partial charge >= 0.3 is 0 Å². The van der Waals surface area contributed by atoms with Gasteiger partial charge in [-0.1, -0.05) is 36.5 Å². The number of anilines is 1. The van der Waals surface area contributed by atoms with E-state index < -0.39 is 0 Å². The smallest absolute Gasteiger partial charge is 0.104 e. The van der Waals surface area contributed by atoms with Crippen molar-refractivity contribution in [3.8, 4) is 0 Å². The molecule has 0 aliphatic carbocycles. The van der Waals surface area contributed by atoms with Gasteiger partial charge in [0.2, 0.25) is 0 Å². The van der Waals surface area contributed by atoms with E-state index in [1.165, 1.54) is 0 Å². The number of nitrogens with one attached hydrogen (secondary N) is 1. The molecule has 3 N–H and O–H groups in total. The zero-order valence-corrected chi connectivity index (χ0v) is 12.2. The minimum atomic E-state index is 0.240. The van der Waals surface area contributed by atoms with Crippen LogP contribution < -0.4 is 11.1 Å². The van der Waals surface area contributed by atoms with Crippen LogP contribution in [0, 0.1) is 0 Å². The first-order valence-electron chi connectivity index (χ1n) is 6.86. The van der Waals surface area contributed by atoms with Crippen LogP contribution in [0.3, 0.4) is 0 Å². The van der Waals surface area contributed by atoms with Crippen LogP contribution in [-0.2, 0) is 4.74 Å². The lowest BCUT2D eigenvalue weighted by atomic mass is 10.0. The van der Waals surface area contributed by atoms with E-state index in [0.29, 0.717) is 11.0 Å². The normalized spacial score (nSPS) is 22.1. The highest BCUT2D eigenvalue weighted by Crippen LogP contribution is 2.29. The Morgan fingerprint density at radius 1 is 1.25 bits per heavy atom. The van der Waals surface area contributed by atoms with Gasteiger partial charge in [-0.25, -0.2) is 0 Å². The van der Waals surface area contributed by atoms with Crippen molar-refractivity contribution in [1.82, 2.24) is 0 Å². The molecular weight excluding hydrogens is 268 g/mol. The maximum absolute atomic E-state index is 5.81. The Morgan fingerprint density at radius 2 is 2.00 bits per heavy atom. The average Bonchev–Trinajstić information content (AvgIpc) is 2.84. The average molecular weight is 286 g/mol. The third-order valence-corrected chi connectivity index (χ3v) is 4.13. The van der Waals surface area contributed by atoms with Crippen molar-refractivity contribution in [2.24, 2.45) is 5.73 Å². The molecule has 1 fully saturated rings. The van der Waals surface area contributed by atoms with Gasteiger partial charge in [0.25, 0.3) is 0 Å². The minimum absolute atomic E-state index is 0.240. The Morgan fingerprint density at radius 3 is 2.65 bits per heavy atom. The fourth-order valence-electron chi connectivity index (χ4n) is 2.76. The summed E-state index contributed by atoms with van der Waals surface area (Å²) in [7, 11) is 0. The predicted molar refractivity (Wildman–Crippen MR) is 87.3 cm³/mol. The highest BCUT2D eigenvalue weighted by molar-refractivity contribution is 7.80. The Kier molecular flexibility index (Phi) is 3.59. The summed E-state index contributed by atoms with van der Waals surface area (Å²) in [5.41, 5.74) is 7.85. The highest BCUT2D eigenvalue weighted by atomic mass is 32.1. The largest absolute Gasteiger partial charge is 0.389 e. The molecular formula is C16H18N2OS. The van der Waals surface area contributed by atoms with Gasteiger partial charge in [-0.15, -0.1) is 0 Å². The van der Waals surface area contributed by atoms with E-state index in [-0.39, 0.29) is 6.10 Å². The number of thiocarbonyl (C=S) groups is 1. The van der Waals surface area contributed by atoms with E-state index in [9.17, 15) is 0 Å². The lowest BCUT2D eigenvalue weighted by Crippen LogP contribution is -2.26. The third kappa shape index (κ3) is 2.37. The predicted octanol–water partition coefficient (Wildman–Crippen LogP) is 3.06. The molecule has 4 heteroatoms. The number of fused-ring (bicyclic) bond motifs is 1. The van der Waals surface area contributed by atoms with E-state index in [1.54, 1.807) is 0 Å². The number of benzene rings is 2. The van der Waals surface area contributed by atoms with Crippen molar-refractivity contribution in [3.63, 3.8) is 0 Å². The van der Waals surface area contributed by atoms with Crippen LogP contribution in [0.4, 0.5) is 5.69 Å². The molecule has 2 aromatic carbocycles. The van der Waals surface area contributed by atoms with Gasteiger partial charge in [0.15, 0.2) is 0 Å². The minimum Gasteiger partial charge on any atom is -0.389 e. The Bertz CT molecular complexity index is 656. The monoisotopic (exact) mass is 286 g/mol. The summed E-state index contributed by atoms with van der Waals surface area (Å²) in [5, 5.41) is 5.83. The molecule has 2 atom stereocenters. The molecule has 0 spiro atoms. The SMILES string of the molecule is CC1OCCC1Nc1ccc(C(N)=S)c2ccccc12. The van der Waals surface area contributed by atoms with Gasteiger partial charge in [-0.2, -0.15) is 0 Å². The van der Waals surface area contributed by atoms with Crippen molar-refractivity contribution < 1.29 is 4.74 Å². The molecule has 3 rings (SSSR count). The van der Waals surface area contributed by atoms with Crippen molar-refractivity contribution in [3.05, 3.63) is 42.0 Å². The van der Waals surface area contributed by atoms with Gasteiger partial charge in [0.1, 0.15) is 4.99 Å². The maximum atomic E-state index is 5.81. The molecule has 1 saturated heterocycles. The molecule has 0 radical (unpaired) electrons. The van der Waals surface area contributed by atoms with Crippen LogP contribution in [-0.4, -0.2) is 23.7 Å². The maximum Gasteiger partial charge on any atom is 0.104 e. The lowest BCUT2D eigenvalue weighted by Gasteiger charge is -2.19. The second kappa shape index (κ2) is 5.38. The second-order valence-electron chi connectivity index (χ2n) is 5.19. The molecule has 0 saturated carbocycles. The molecule has 0 amide bonds. The molecule has 2 unspecified atom stereocenters. The standard InChI is InChI=1S/C16H18N2OS/c1-10-14(8-9-19-10)18-15-7-6-13(16(17)20)11-4-2-3-5-12(11)15/h2-7,10,14,18H,8-9H2,1H3,(H2,17,20). The van der Waals surface area contributed by atoms with E-state index in [4.69, 9.17) is 22.7 Å². The van der Waals surface area contributed by atoms with Crippen LogP contribution in [0.5, 0.6) is 0 Å². The number of rotatable bonds is 3. The summed E-state index contributed by atoms with van der Waals surface area (Å²) in [6, 6.07) is 12.6. The first kappa shape index (κ1) is 13.3. The molecule has 1 aliphatic rings. The van der Waals surface area contributed by atoms with Gasteiger partial charge in [-0.3, -0.25) is 0 Å². The van der Waals surface area contributed by atoms with Crippen molar-refractivity contribution >= 4 is 33.7 Å². The fraction of sp³-hybridized carbons (Fsp3) is 0.312. The number of hydrogen-bond acceptors (Lipinski definition) is 3. The van der Waals surface area contributed by atoms with E-state index >= 15 is 0 Å². The first-order valence-corrected chi connectivity index (χ1v) is 7.27. The summed E-state index contributed by atoms with van der Waals surface area (Å²) in [5.74, 6) is 0. The third-order valence-electron chi connectivity index (χ3n) is 3.91. The van der Waals surface area contributed by atoms with Crippen LogP contribution in [0.25, 0.3) is 10.8 Å². The number of hydrogen-bond donors (Lipinski definition) is 2. The zero-order valence-electron chi connectivity index (χ0n) is 11.4. The Labute approximate surface area is 124 Å². The quantitative estimate of drug-likeness (QED) is 0.851. The lowest BCUT2D eigenvalue weighted by molar-refractivity contribution is 0.121. The van der Waals surface area contributed by atoms with Crippen LogP contribution in [0.2, 0.25) is 0 Å². The van der Waals surface area contributed by atoms with Crippen LogP contribution in [0.1, 0.15) is 18.9 Å². The highest BCUT2D eigenvalue weighted by Gasteiger charge is 2.24. The van der Waals surface area contributed by atoms with Crippen LogP contribution >= 0.6 is 12.2 Å². The number of nitrogens with two attached hydrogens (primary N) is 1. The van der Waals surface area contributed by atoms with Gasteiger partial charge in [0.05, 0.1) is 12.1 Å². The fourth-order valence-corrected chi connectivity index (χ4v) is 2.94. The summed E-state index contributed by atoms with van der Waals surface area (Å²) in [4.78, 5) is 0.435. The Hall–Kier alpha value is -1.65. The molecule has 2 aromatic rings. The van der Waals surface area contributed by atoms with Crippen molar-refractivity contribution in [1.29, 1.82) is 0 Å².